The Labute approximate surface area is 71.7 Å². The summed E-state index contributed by atoms with van der Waals surface area (Å²) >= 11 is -0.554. The molecule has 0 N–H and O–H groups in total. The Kier molecular flexibility index (Phi) is 3.08. The molecule has 1 aromatic carbocycles. The standard InChI is InChI=1S/C7H8N.Al.ClH.H/c1-8-7-5-3-2-4-6-7;;;/h2-6H,1H3;;1H;/q-1;+2;;/p-1. The summed E-state index contributed by atoms with van der Waals surface area (Å²) in [6.45, 7) is 0. The first-order chi connectivity index (χ1) is 4.84. The van der Waals surface area contributed by atoms with Crippen LogP contribution in [-0.2, 0) is 0 Å². The van der Waals surface area contributed by atoms with Crippen LogP contribution in [0.3, 0.4) is 0 Å². The Morgan fingerprint density at radius 3 is 2.40 bits per heavy atom. The summed E-state index contributed by atoms with van der Waals surface area (Å²) in [6, 6.07) is 10.2. The van der Waals surface area contributed by atoms with Crippen molar-refractivity contribution in [1.29, 1.82) is 0 Å². The van der Waals surface area contributed by atoms with Crippen LogP contribution in [0, 0.1) is 0 Å². The average Bonchev–Trinajstić information content (AvgIpc) is 2.05. The second kappa shape index (κ2) is 3.88. The first-order valence-electron chi connectivity index (χ1n) is 3.16. The smallest absolute Gasteiger partial charge is 0.456 e. The lowest BCUT2D eigenvalue weighted by Crippen LogP contribution is -2.17. The van der Waals surface area contributed by atoms with E-state index in [4.69, 9.17) is 10.0 Å². The first kappa shape index (κ1) is 7.94. The topological polar surface area (TPSA) is 3.24 Å². The highest BCUT2D eigenvalue weighted by molar-refractivity contribution is 6.95. The van der Waals surface area contributed by atoms with Crippen LogP contribution >= 0.6 is 10.0 Å². The fourth-order valence-electron chi connectivity index (χ4n) is 0.751. The molecule has 0 amide bonds. The van der Waals surface area contributed by atoms with Gasteiger partial charge in [-0.25, -0.2) is 10.0 Å². The van der Waals surface area contributed by atoms with Crippen LogP contribution in [0.5, 0.6) is 0 Å². The molecule has 1 nitrogen and oxygen atoms in total. The molecule has 0 aromatic heterocycles. The number of nitrogens with zero attached hydrogens (tertiary/aromatic N) is 1. The van der Waals surface area contributed by atoms with Gasteiger partial charge in [-0.3, -0.25) is 0 Å². The molecule has 0 aliphatic heterocycles. The van der Waals surface area contributed by atoms with Crippen molar-refractivity contribution in [3.05, 3.63) is 30.3 Å². The average molecular weight is 170 g/mol. The summed E-state index contributed by atoms with van der Waals surface area (Å²) in [4.78, 5) is 0. The minimum atomic E-state index is -0.554. The van der Waals surface area contributed by atoms with E-state index in [1.54, 1.807) is 0 Å². The van der Waals surface area contributed by atoms with Crippen molar-refractivity contribution in [2.75, 3.05) is 10.9 Å². The SMILES string of the molecule is C[N]([AlH][Cl])c1ccccc1. The van der Waals surface area contributed by atoms with Gasteiger partial charge in [0.2, 0.25) is 0 Å². The monoisotopic (exact) mass is 169 g/mol. The lowest BCUT2D eigenvalue weighted by molar-refractivity contribution is 1.34. The van der Waals surface area contributed by atoms with E-state index < -0.39 is 14.5 Å². The molecule has 0 atom stereocenters. The van der Waals surface area contributed by atoms with Crippen LogP contribution < -0.4 is 3.88 Å². The summed E-state index contributed by atoms with van der Waals surface area (Å²) < 4.78 is 2.11. The lowest BCUT2D eigenvalue weighted by atomic mass is 10.3. The van der Waals surface area contributed by atoms with Gasteiger partial charge >= 0.3 is 14.5 Å². The quantitative estimate of drug-likeness (QED) is 0.609. The number of hydrogen-bond donors (Lipinski definition) is 0. The van der Waals surface area contributed by atoms with E-state index in [1.807, 2.05) is 25.2 Å². The van der Waals surface area contributed by atoms with E-state index in [0.717, 1.165) is 0 Å². The van der Waals surface area contributed by atoms with Gasteiger partial charge in [-0.15, -0.1) is 0 Å². The van der Waals surface area contributed by atoms with Crippen LogP contribution in [0.25, 0.3) is 0 Å². The Bertz CT molecular complexity index is 190. The number of benzene rings is 1. The van der Waals surface area contributed by atoms with E-state index in [-0.39, 0.29) is 0 Å². The number of halogens is 1. The van der Waals surface area contributed by atoms with Crippen LogP contribution in [0.1, 0.15) is 0 Å². The van der Waals surface area contributed by atoms with Crippen LogP contribution in [0.2, 0.25) is 0 Å². The van der Waals surface area contributed by atoms with E-state index in [1.165, 1.54) is 5.69 Å². The molecule has 0 unspecified atom stereocenters. The van der Waals surface area contributed by atoms with Crippen molar-refractivity contribution < 1.29 is 0 Å². The maximum absolute atomic E-state index is 5.75. The predicted octanol–water partition coefficient (Wildman–Crippen LogP) is 1.63. The Hall–Kier alpha value is -0.158. The second-order valence-electron chi connectivity index (χ2n) is 2.15. The summed E-state index contributed by atoms with van der Waals surface area (Å²) in [5.41, 5.74) is 1.21. The highest BCUT2D eigenvalue weighted by atomic mass is 35.6. The van der Waals surface area contributed by atoms with Gasteiger partial charge in [-0.2, -0.15) is 0 Å². The first-order valence-corrected chi connectivity index (χ1v) is 5.94. The van der Waals surface area contributed by atoms with Crippen molar-refractivity contribution in [2.45, 2.75) is 0 Å². The highest BCUT2D eigenvalue weighted by Crippen LogP contribution is 2.09. The number of para-hydroxylation sites is 1. The molecule has 0 fully saturated rings. The molecule has 1 aromatic rings. The molecule has 52 valence electrons. The third-order valence-corrected chi connectivity index (χ3v) is 3.18. The van der Waals surface area contributed by atoms with Crippen LogP contribution in [0.15, 0.2) is 30.3 Å². The minimum absolute atomic E-state index is 0.554. The van der Waals surface area contributed by atoms with Gasteiger partial charge in [-0.05, 0) is 19.2 Å². The zero-order valence-corrected chi connectivity index (χ0v) is 8.09. The van der Waals surface area contributed by atoms with Crippen molar-refractivity contribution in [1.82, 2.24) is 0 Å². The fourth-order valence-corrected chi connectivity index (χ4v) is 1.51. The predicted molar refractivity (Wildman–Crippen MR) is 47.8 cm³/mol. The summed E-state index contributed by atoms with van der Waals surface area (Å²) in [6.07, 6.45) is 0. The van der Waals surface area contributed by atoms with Crippen molar-refractivity contribution in [3.63, 3.8) is 0 Å². The molecular formula is C7H9AlClN. The summed E-state index contributed by atoms with van der Waals surface area (Å²) in [5.74, 6) is 0. The zero-order chi connectivity index (χ0) is 7.40. The summed E-state index contributed by atoms with van der Waals surface area (Å²) in [7, 11) is 7.77. The third-order valence-electron chi connectivity index (χ3n) is 1.38. The number of rotatable bonds is 2. The Morgan fingerprint density at radius 2 is 1.90 bits per heavy atom. The van der Waals surface area contributed by atoms with Gasteiger partial charge in [0, 0.05) is 5.69 Å². The summed E-state index contributed by atoms with van der Waals surface area (Å²) in [5, 5.41) is 0. The molecular weight excluding hydrogens is 161 g/mol. The second-order valence-corrected chi connectivity index (χ2v) is 4.06. The molecule has 0 bridgehead atoms. The molecule has 0 saturated carbocycles. The van der Waals surface area contributed by atoms with Gasteiger partial charge in [-0.1, -0.05) is 18.2 Å². The van der Waals surface area contributed by atoms with Crippen molar-refractivity contribution in [2.24, 2.45) is 0 Å². The molecule has 0 aliphatic rings. The van der Waals surface area contributed by atoms with Gasteiger partial charge in [0.15, 0.2) is 0 Å². The van der Waals surface area contributed by atoms with E-state index in [9.17, 15) is 0 Å². The van der Waals surface area contributed by atoms with Crippen molar-refractivity contribution in [3.8, 4) is 0 Å². The van der Waals surface area contributed by atoms with Crippen LogP contribution in [0.4, 0.5) is 5.69 Å². The van der Waals surface area contributed by atoms with E-state index in [0.29, 0.717) is 0 Å². The maximum atomic E-state index is 5.75. The normalized spacial score (nSPS) is 9.00. The van der Waals surface area contributed by atoms with Gasteiger partial charge in [0.1, 0.15) is 0 Å². The van der Waals surface area contributed by atoms with E-state index in [2.05, 4.69) is 16.0 Å². The van der Waals surface area contributed by atoms with E-state index >= 15 is 0 Å². The molecule has 0 saturated heterocycles. The highest BCUT2D eigenvalue weighted by Gasteiger charge is 1.98. The molecule has 0 aliphatic carbocycles. The molecule has 0 radical (unpaired) electrons. The minimum Gasteiger partial charge on any atom is -0.456 e. The molecule has 10 heavy (non-hydrogen) atoms. The Balaban J connectivity index is 2.75. The van der Waals surface area contributed by atoms with Crippen molar-refractivity contribution >= 4 is 30.3 Å². The van der Waals surface area contributed by atoms with Gasteiger partial charge in [0.25, 0.3) is 0 Å². The third kappa shape index (κ3) is 1.92. The van der Waals surface area contributed by atoms with Gasteiger partial charge in [0.05, 0.1) is 0 Å². The molecule has 3 heteroatoms. The largest absolute Gasteiger partial charge is 0.519 e. The number of hydrogen-bond acceptors (Lipinski definition) is 1. The zero-order valence-electron chi connectivity index (χ0n) is 5.92. The molecule has 0 heterocycles. The lowest BCUT2D eigenvalue weighted by Gasteiger charge is -2.14. The maximum Gasteiger partial charge on any atom is 0.519 e. The Morgan fingerprint density at radius 1 is 1.30 bits per heavy atom. The van der Waals surface area contributed by atoms with Crippen LogP contribution in [-0.4, -0.2) is 21.6 Å². The fraction of sp³-hybridized carbons (Fsp3) is 0.143. The van der Waals surface area contributed by atoms with Gasteiger partial charge < -0.3 is 3.88 Å². The number of anilines is 1. The molecule has 1 rings (SSSR count). The molecule has 0 spiro atoms.